The summed E-state index contributed by atoms with van der Waals surface area (Å²) in [6.07, 6.45) is 35.5. The molecule has 14 nitrogen and oxygen atoms in total. The number of rotatable bonds is 44. The van der Waals surface area contributed by atoms with E-state index in [-0.39, 0.29) is 59.3 Å². The fourth-order valence-corrected chi connectivity index (χ4v) is 8.47. The molecular formula is C63H88O14. The second-order valence-electron chi connectivity index (χ2n) is 19.5. The molecule has 0 fully saturated rings. The Labute approximate surface area is 458 Å². The van der Waals surface area contributed by atoms with Gasteiger partial charge in [0.15, 0.2) is 0 Å². The molecule has 0 saturated heterocycles. The summed E-state index contributed by atoms with van der Waals surface area (Å²) in [5.41, 5.74) is 1.03. The first-order chi connectivity index (χ1) is 37.6. The number of carbonyl (C=O) groups excluding carboxylic acids is 6. The van der Waals surface area contributed by atoms with Gasteiger partial charge in [-0.15, -0.1) is 0 Å². The van der Waals surface area contributed by atoms with Gasteiger partial charge in [-0.1, -0.05) is 180 Å². The van der Waals surface area contributed by atoms with Crippen LogP contribution < -0.4 is 18.9 Å². The van der Waals surface area contributed by atoms with Crippen LogP contribution in [-0.2, 0) is 28.5 Å². The fourth-order valence-electron chi connectivity index (χ4n) is 8.47. The Bertz CT molecular complexity index is 2150. The molecule has 14 heteroatoms. The van der Waals surface area contributed by atoms with E-state index in [2.05, 4.69) is 13.2 Å². The molecule has 0 aliphatic heterocycles. The molecule has 0 atom stereocenters. The van der Waals surface area contributed by atoms with Crippen LogP contribution in [0.1, 0.15) is 219 Å². The molecule has 77 heavy (non-hydrogen) atoms. The third-order valence-corrected chi connectivity index (χ3v) is 13.0. The van der Waals surface area contributed by atoms with Gasteiger partial charge in [0.2, 0.25) is 0 Å². The quantitative estimate of drug-likeness (QED) is 0.0130. The Morgan fingerprint density at radius 2 is 0.610 bits per heavy atom. The molecule has 0 aliphatic rings. The molecule has 0 unspecified atom stereocenters. The lowest BCUT2D eigenvalue weighted by Gasteiger charge is -2.11. The highest BCUT2D eigenvalue weighted by molar-refractivity contribution is 5.92. The van der Waals surface area contributed by atoms with Crippen LogP contribution in [0.3, 0.4) is 0 Å². The van der Waals surface area contributed by atoms with Crippen molar-refractivity contribution < 1.29 is 66.7 Å². The lowest BCUT2D eigenvalue weighted by atomic mass is 10.0. The Hall–Kier alpha value is -6.44. The van der Waals surface area contributed by atoms with Gasteiger partial charge in [-0.2, -0.15) is 0 Å². The van der Waals surface area contributed by atoms with Crippen molar-refractivity contribution in [3.05, 3.63) is 109 Å². The van der Waals surface area contributed by atoms with Gasteiger partial charge in [-0.25, -0.2) is 28.8 Å². The largest absolute Gasteiger partial charge is 0.513 e. The molecule has 0 spiro atoms. The van der Waals surface area contributed by atoms with E-state index in [1.807, 2.05) is 0 Å². The maximum absolute atomic E-state index is 12.9. The van der Waals surface area contributed by atoms with Crippen molar-refractivity contribution >= 4 is 36.2 Å². The Morgan fingerprint density at radius 3 is 0.909 bits per heavy atom. The summed E-state index contributed by atoms with van der Waals surface area (Å²) in [5, 5.41) is 0. The molecule has 0 heterocycles. The van der Waals surface area contributed by atoms with Crippen molar-refractivity contribution in [1.29, 1.82) is 0 Å². The zero-order chi connectivity index (χ0) is 55.4. The average Bonchev–Trinajstić information content (AvgIpc) is 3.43. The predicted octanol–water partition coefficient (Wildman–Crippen LogP) is 16.6. The second-order valence-corrected chi connectivity index (χ2v) is 19.5. The van der Waals surface area contributed by atoms with Crippen LogP contribution in [0.4, 0.5) is 9.59 Å². The highest BCUT2D eigenvalue weighted by Gasteiger charge is 2.16. The number of ether oxygens (including phenoxy) is 8. The SMILES string of the molecule is C=CC(=O)OCCCCCCCCCCCCCCCCCCOC(=O)Oc1ccc(C(=O)Oc2ccc(OC(=O)c3ccc(OC(=O)OCCCCCCCCCCCCCCCCOC(=O)C=C)cc3)c(C)c2)cc1. The summed E-state index contributed by atoms with van der Waals surface area (Å²) in [4.78, 5) is 72.4. The minimum absolute atomic E-state index is 0.234. The van der Waals surface area contributed by atoms with Gasteiger partial charge in [-0.05, 0) is 105 Å². The minimum Gasteiger partial charge on any atom is -0.463 e. The smallest absolute Gasteiger partial charge is 0.463 e. The number of aryl methyl sites for hydroxylation is 1. The van der Waals surface area contributed by atoms with Crippen molar-refractivity contribution in [2.24, 2.45) is 0 Å². The monoisotopic (exact) mass is 1070 g/mol. The van der Waals surface area contributed by atoms with E-state index < -0.39 is 24.2 Å². The number of hydrogen-bond acceptors (Lipinski definition) is 14. The third-order valence-electron chi connectivity index (χ3n) is 13.0. The van der Waals surface area contributed by atoms with Crippen molar-refractivity contribution in [1.82, 2.24) is 0 Å². The van der Waals surface area contributed by atoms with E-state index >= 15 is 0 Å². The number of unbranched alkanes of at least 4 members (excludes halogenated alkanes) is 28. The van der Waals surface area contributed by atoms with Gasteiger partial charge in [-0.3, -0.25) is 0 Å². The maximum atomic E-state index is 12.9. The molecule has 3 aromatic carbocycles. The maximum Gasteiger partial charge on any atom is 0.513 e. The number of esters is 4. The zero-order valence-corrected chi connectivity index (χ0v) is 46.2. The van der Waals surface area contributed by atoms with Gasteiger partial charge in [0.25, 0.3) is 0 Å². The van der Waals surface area contributed by atoms with E-state index in [4.69, 9.17) is 37.9 Å². The van der Waals surface area contributed by atoms with Crippen LogP contribution in [0.25, 0.3) is 0 Å². The van der Waals surface area contributed by atoms with E-state index in [9.17, 15) is 28.8 Å². The van der Waals surface area contributed by atoms with E-state index in [0.717, 1.165) is 64.2 Å². The van der Waals surface area contributed by atoms with Crippen molar-refractivity contribution in [2.45, 2.75) is 200 Å². The lowest BCUT2D eigenvalue weighted by Crippen LogP contribution is -2.13. The third kappa shape index (κ3) is 32.7. The van der Waals surface area contributed by atoms with Gasteiger partial charge in [0.05, 0.1) is 37.6 Å². The van der Waals surface area contributed by atoms with E-state index in [0.29, 0.717) is 18.8 Å². The van der Waals surface area contributed by atoms with Crippen LogP contribution in [0.2, 0.25) is 0 Å². The first kappa shape index (κ1) is 64.8. The van der Waals surface area contributed by atoms with Crippen molar-refractivity contribution in [3.8, 4) is 23.0 Å². The van der Waals surface area contributed by atoms with E-state index in [1.54, 1.807) is 13.0 Å². The number of hydrogen-bond donors (Lipinski definition) is 0. The van der Waals surface area contributed by atoms with Crippen LogP contribution >= 0.6 is 0 Å². The fraction of sp³-hybridized carbons (Fsp3) is 0.556. The molecule has 0 bridgehead atoms. The summed E-state index contributed by atoms with van der Waals surface area (Å²) in [7, 11) is 0. The molecular weight excluding hydrogens is 981 g/mol. The molecule has 0 aliphatic carbocycles. The van der Waals surface area contributed by atoms with Gasteiger partial charge in [0, 0.05) is 12.2 Å². The Morgan fingerprint density at radius 1 is 0.338 bits per heavy atom. The average molecular weight is 1070 g/mol. The molecule has 424 valence electrons. The molecule has 3 aromatic rings. The molecule has 3 rings (SSSR count). The van der Waals surface area contributed by atoms with Crippen LogP contribution in [0, 0.1) is 6.92 Å². The number of benzene rings is 3. The van der Waals surface area contributed by atoms with Crippen LogP contribution in [0.15, 0.2) is 92.0 Å². The Kier molecular flexibility index (Phi) is 35.9. The predicted molar refractivity (Wildman–Crippen MR) is 299 cm³/mol. The molecule has 0 saturated carbocycles. The summed E-state index contributed by atoms with van der Waals surface area (Å²) in [5.74, 6) is -0.950. The van der Waals surface area contributed by atoms with Crippen molar-refractivity contribution in [3.63, 3.8) is 0 Å². The number of carbonyl (C=O) groups is 6. The first-order valence-electron chi connectivity index (χ1n) is 28.6. The van der Waals surface area contributed by atoms with Crippen LogP contribution in [0.5, 0.6) is 23.0 Å². The van der Waals surface area contributed by atoms with E-state index in [1.165, 1.54) is 201 Å². The molecule has 0 N–H and O–H groups in total. The standard InChI is InChI=1S/C63H88O14/c1-4-58(64)70-46-32-28-24-20-16-12-8-6-7-9-14-18-22-26-30-34-48-72-62(68)75-54-40-36-52(37-41-54)60(66)74-56-44-45-57(51(3)50-56)77-61(67)53-38-42-55(43-39-53)76-63(69)73-49-35-31-27-23-19-15-11-10-13-17-21-25-29-33-47-71-59(65)5-2/h4-5,36-45,50H,1-2,6-35,46-49H2,3H3. The second kappa shape index (κ2) is 42.6. The topological polar surface area (TPSA) is 176 Å². The van der Waals surface area contributed by atoms with Gasteiger partial charge >= 0.3 is 36.2 Å². The summed E-state index contributed by atoms with van der Waals surface area (Å²) < 4.78 is 42.2. The minimum atomic E-state index is -0.801. The normalized spacial score (nSPS) is 10.8. The summed E-state index contributed by atoms with van der Waals surface area (Å²) >= 11 is 0. The molecule has 0 aromatic heterocycles. The Balaban J connectivity index is 1.16. The molecule has 0 radical (unpaired) electrons. The first-order valence-corrected chi connectivity index (χ1v) is 28.6. The van der Waals surface area contributed by atoms with Crippen LogP contribution in [-0.4, -0.2) is 62.6 Å². The summed E-state index contributed by atoms with van der Waals surface area (Å²) in [6, 6.07) is 16.6. The van der Waals surface area contributed by atoms with Gasteiger partial charge in [0.1, 0.15) is 23.0 Å². The summed E-state index contributed by atoms with van der Waals surface area (Å²) in [6.45, 7) is 10.0. The highest BCUT2D eigenvalue weighted by atomic mass is 16.7. The molecule has 0 amide bonds. The van der Waals surface area contributed by atoms with Crippen molar-refractivity contribution in [2.75, 3.05) is 26.4 Å². The zero-order valence-electron chi connectivity index (χ0n) is 46.2. The highest BCUT2D eigenvalue weighted by Crippen LogP contribution is 2.26. The lowest BCUT2D eigenvalue weighted by molar-refractivity contribution is -0.138. The van der Waals surface area contributed by atoms with Gasteiger partial charge < -0.3 is 37.9 Å².